The van der Waals surface area contributed by atoms with Gasteiger partial charge in [-0.15, -0.1) is 0 Å². The van der Waals surface area contributed by atoms with E-state index in [2.05, 4.69) is 0 Å². The van der Waals surface area contributed by atoms with E-state index in [1.165, 1.54) is 11.8 Å². The van der Waals surface area contributed by atoms with Crippen LogP contribution in [0, 0.1) is 5.92 Å². The van der Waals surface area contributed by atoms with Gasteiger partial charge < -0.3 is 20.1 Å². The lowest BCUT2D eigenvalue weighted by Gasteiger charge is -2.27. The first-order valence-electron chi connectivity index (χ1n) is 8.87. The Balaban J connectivity index is 2.72. The number of aliphatic hydroxyl groups excluding tert-OH is 1. The van der Waals surface area contributed by atoms with Crippen molar-refractivity contribution in [2.75, 3.05) is 12.5 Å². The lowest BCUT2D eigenvalue weighted by molar-refractivity contribution is -0.200. The Morgan fingerprint density at radius 1 is 1.40 bits per heavy atom. The summed E-state index contributed by atoms with van der Waals surface area (Å²) in [5.74, 6) is -4.06. The Labute approximate surface area is 153 Å². The van der Waals surface area contributed by atoms with Crippen LogP contribution in [0.4, 0.5) is 0 Å². The van der Waals surface area contributed by atoms with Crippen LogP contribution in [0.5, 0.6) is 0 Å². The highest BCUT2D eigenvalue weighted by molar-refractivity contribution is 7.99. The van der Waals surface area contributed by atoms with Crippen molar-refractivity contribution in [1.29, 1.82) is 0 Å². The van der Waals surface area contributed by atoms with E-state index in [1.54, 1.807) is 13.8 Å². The molecule has 1 rings (SSSR count). The number of thioether (sulfide) groups is 1. The van der Waals surface area contributed by atoms with Crippen molar-refractivity contribution in [2.24, 2.45) is 5.92 Å². The number of hydrogen-bond acceptors (Lipinski definition) is 6. The fourth-order valence-electron chi connectivity index (χ4n) is 2.77. The molecule has 0 saturated carbocycles. The largest absolute Gasteiger partial charge is 0.480 e. The van der Waals surface area contributed by atoms with Crippen LogP contribution in [0.2, 0.25) is 0 Å². The second-order valence-corrected chi connectivity index (χ2v) is 8.13. The maximum absolute atomic E-state index is 12.4. The van der Waals surface area contributed by atoms with E-state index in [0.717, 1.165) is 24.2 Å². The average molecular weight is 378 g/mol. The average Bonchev–Trinajstić information content (AvgIpc) is 2.84. The van der Waals surface area contributed by atoms with Gasteiger partial charge in [0, 0.05) is 16.9 Å². The number of nitrogens with zero attached hydrogens (tertiary/aromatic N) is 1. The number of carbonyl (C=O) groups excluding carboxylic acids is 1. The van der Waals surface area contributed by atoms with E-state index in [-0.39, 0.29) is 17.7 Å². The highest BCUT2D eigenvalue weighted by Crippen LogP contribution is 2.31. The van der Waals surface area contributed by atoms with E-state index >= 15 is 0 Å². The van der Waals surface area contributed by atoms with Crippen LogP contribution in [0.25, 0.3) is 0 Å². The molecule has 4 atom stereocenters. The zero-order chi connectivity index (χ0) is 19.2. The van der Waals surface area contributed by atoms with Crippen molar-refractivity contribution in [3.8, 4) is 0 Å². The molecule has 0 aliphatic carbocycles. The third-order valence-corrected chi connectivity index (χ3v) is 6.04. The molecule has 3 N–H and O–H groups in total. The molecule has 1 aliphatic rings. The lowest BCUT2D eigenvalue weighted by atomic mass is 10.0. The zero-order valence-corrected chi connectivity index (χ0v) is 16.3. The molecule has 1 saturated heterocycles. The van der Waals surface area contributed by atoms with Gasteiger partial charge in [-0.05, 0) is 19.3 Å². The summed E-state index contributed by atoms with van der Waals surface area (Å²) in [6, 6.07) is -1.07. The van der Waals surface area contributed by atoms with Crippen molar-refractivity contribution < 1.29 is 29.6 Å². The molecule has 1 amide bonds. The molecular formula is C17H31NO6S. The smallest absolute Gasteiger partial charge is 0.327 e. The number of carbonyl (C=O) groups is 2. The molecule has 7 nitrogen and oxygen atoms in total. The SMILES string of the molecule is CCC[C@@H](O)C[C@H](CC)SC[C@@H](C(=O)O)N1CO[C@](O)(C(C)C)C1=O. The Morgan fingerprint density at radius 2 is 2.04 bits per heavy atom. The van der Waals surface area contributed by atoms with Crippen LogP contribution in [0.1, 0.15) is 53.4 Å². The molecular weight excluding hydrogens is 346 g/mol. The molecule has 25 heavy (non-hydrogen) atoms. The van der Waals surface area contributed by atoms with Gasteiger partial charge in [-0.25, -0.2) is 4.79 Å². The first kappa shape index (κ1) is 22.2. The normalized spacial score (nSPS) is 24.6. The van der Waals surface area contributed by atoms with Gasteiger partial charge in [-0.3, -0.25) is 9.69 Å². The summed E-state index contributed by atoms with van der Waals surface area (Å²) in [7, 11) is 0. The van der Waals surface area contributed by atoms with Gasteiger partial charge >= 0.3 is 5.97 Å². The first-order chi connectivity index (χ1) is 11.7. The van der Waals surface area contributed by atoms with Crippen LogP contribution in [-0.2, 0) is 14.3 Å². The Bertz CT molecular complexity index is 460. The molecule has 146 valence electrons. The van der Waals surface area contributed by atoms with Crippen LogP contribution >= 0.6 is 11.8 Å². The van der Waals surface area contributed by atoms with Gasteiger partial charge in [0.2, 0.25) is 0 Å². The minimum atomic E-state index is -1.96. The molecule has 1 fully saturated rings. The quantitative estimate of drug-likeness (QED) is 0.503. The summed E-state index contributed by atoms with van der Waals surface area (Å²) in [6.07, 6.45) is 2.63. The molecule has 0 radical (unpaired) electrons. The third-order valence-electron chi connectivity index (χ3n) is 4.54. The molecule has 1 heterocycles. The molecule has 0 aromatic heterocycles. The van der Waals surface area contributed by atoms with Crippen molar-refractivity contribution in [1.82, 2.24) is 4.90 Å². The Morgan fingerprint density at radius 3 is 2.48 bits per heavy atom. The summed E-state index contributed by atoms with van der Waals surface area (Å²) >= 11 is 1.44. The van der Waals surface area contributed by atoms with Gasteiger partial charge in [0.15, 0.2) is 0 Å². The summed E-state index contributed by atoms with van der Waals surface area (Å²) in [6.45, 7) is 7.06. The molecule has 0 aromatic carbocycles. The van der Waals surface area contributed by atoms with Gasteiger partial charge in [0.25, 0.3) is 11.7 Å². The topological polar surface area (TPSA) is 107 Å². The molecule has 0 aromatic rings. The number of amides is 1. The monoisotopic (exact) mass is 377 g/mol. The number of ether oxygens (including phenoxy) is 1. The minimum Gasteiger partial charge on any atom is -0.480 e. The second kappa shape index (κ2) is 9.75. The number of carboxylic acid groups (broad SMARTS) is 1. The predicted octanol–water partition coefficient (Wildman–Crippen LogP) is 1.66. The van der Waals surface area contributed by atoms with Crippen molar-refractivity contribution >= 4 is 23.6 Å². The lowest BCUT2D eigenvalue weighted by Crippen LogP contribution is -2.50. The van der Waals surface area contributed by atoms with Gasteiger partial charge in [-0.1, -0.05) is 34.1 Å². The molecule has 0 bridgehead atoms. The highest BCUT2D eigenvalue weighted by Gasteiger charge is 2.52. The standard InChI is InChI=1S/C17H31NO6S/c1-5-7-12(19)8-13(6-2)25-9-14(15(20)21)18-10-24-17(23,11(3)4)16(18)22/h11-14,19,23H,5-10H2,1-4H3,(H,20,21)/t12-,13+,14+,17-/m1/s1. The Kier molecular flexibility index (Phi) is 8.67. The van der Waals surface area contributed by atoms with E-state index < -0.39 is 35.7 Å². The summed E-state index contributed by atoms with van der Waals surface area (Å²) in [5, 5.41) is 29.9. The number of aliphatic carboxylic acids is 1. The zero-order valence-electron chi connectivity index (χ0n) is 15.5. The van der Waals surface area contributed by atoms with Gasteiger partial charge in [-0.2, -0.15) is 11.8 Å². The maximum atomic E-state index is 12.4. The van der Waals surface area contributed by atoms with Gasteiger partial charge in [0.1, 0.15) is 12.8 Å². The number of hydrogen-bond donors (Lipinski definition) is 3. The van der Waals surface area contributed by atoms with E-state index in [0.29, 0.717) is 6.42 Å². The molecule has 1 aliphatic heterocycles. The van der Waals surface area contributed by atoms with E-state index in [9.17, 15) is 24.9 Å². The van der Waals surface area contributed by atoms with Crippen LogP contribution in [0.15, 0.2) is 0 Å². The maximum Gasteiger partial charge on any atom is 0.327 e. The van der Waals surface area contributed by atoms with Crippen LogP contribution in [-0.4, -0.2) is 67.8 Å². The highest BCUT2D eigenvalue weighted by atomic mass is 32.2. The third kappa shape index (κ3) is 5.57. The molecule has 0 spiro atoms. The number of rotatable bonds is 11. The minimum absolute atomic E-state index is 0.117. The summed E-state index contributed by atoms with van der Waals surface area (Å²) in [4.78, 5) is 25.2. The fourth-order valence-corrected chi connectivity index (χ4v) is 4.14. The number of carboxylic acids is 1. The Hall–Kier alpha value is -0.830. The number of aliphatic hydroxyl groups is 2. The van der Waals surface area contributed by atoms with E-state index in [1.807, 2.05) is 13.8 Å². The van der Waals surface area contributed by atoms with E-state index in [4.69, 9.17) is 4.74 Å². The molecule has 0 unspecified atom stereocenters. The fraction of sp³-hybridized carbons (Fsp3) is 0.882. The van der Waals surface area contributed by atoms with Crippen LogP contribution < -0.4 is 0 Å². The summed E-state index contributed by atoms with van der Waals surface area (Å²) < 4.78 is 5.21. The van der Waals surface area contributed by atoms with Gasteiger partial charge in [0.05, 0.1) is 6.10 Å². The first-order valence-corrected chi connectivity index (χ1v) is 9.92. The summed E-state index contributed by atoms with van der Waals surface area (Å²) in [5.41, 5.74) is 0. The molecule has 8 heteroatoms. The van der Waals surface area contributed by atoms with Crippen LogP contribution in [0.3, 0.4) is 0 Å². The van der Waals surface area contributed by atoms with Crippen molar-refractivity contribution in [3.05, 3.63) is 0 Å². The van der Waals surface area contributed by atoms with Crippen molar-refractivity contribution in [2.45, 2.75) is 76.6 Å². The van der Waals surface area contributed by atoms with Crippen molar-refractivity contribution in [3.63, 3.8) is 0 Å². The predicted molar refractivity (Wildman–Crippen MR) is 96.1 cm³/mol. The second-order valence-electron chi connectivity index (χ2n) is 6.80.